The molecule has 0 fully saturated rings. The lowest BCUT2D eigenvalue weighted by Crippen LogP contribution is -1.87. The van der Waals surface area contributed by atoms with Crippen LogP contribution in [-0.4, -0.2) is 14.6 Å². The van der Waals surface area contributed by atoms with Crippen LogP contribution in [0, 0.1) is 6.92 Å². The summed E-state index contributed by atoms with van der Waals surface area (Å²) in [6, 6.07) is 12.2. The van der Waals surface area contributed by atoms with Gasteiger partial charge in [-0.15, -0.1) is 5.10 Å². The van der Waals surface area contributed by atoms with Crippen molar-refractivity contribution < 1.29 is 0 Å². The van der Waals surface area contributed by atoms with Crippen molar-refractivity contribution in [2.75, 3.05) is 0 Å². The molecule has 4 heteroatoms. The molecule has 0 amide bonds. The fraction of sp³-hybridized carbons (Fsp3) is 0.0714. The summed E-state index contributed by atoms with van der Waals surface area (Å²) in [6.07, 6.45) is 3.64. The van der Waals surface area contributed by atoms with Gasteiger partial charge >= 0.3 is 0 Å². The second-order valence-corrected chi connectivity index (χ2v) is 4.76. The van der Waals surface area contributed by atoms with Crippen LogP contribution in [-0.2, 0) is 0 Å². The Labute approximate surface area is 109 Å². The second kappa shape index (κ2) is 4.66. The zero-order valence-corrected chi connectivity index (χ0v) is 10.7. The molecule has 0 saturated carbocycles. The van der Waals surface area contributed by atoms with Gasteiger partial charge < -0.3 is 0 Å². The molecule has 2 heterocycles. The molecule has 88 valence electrons. The van der Waals surface area contributed by atoms with E-state index < -0.39 is 0 Å². The van der Waals surface area contributed by atoms with E-state index in [9.17, 15) is 0 Å². The Hall–Kier alpha value is -2.07. The van der Waals surface area contributed by atoms with Gasteiger partial charge in [-0.05, 0) is 35.6 Å². The van der Waals surface area contributed by atoms with E-state index in [2.05, 4.69) is 26.7 Å². The lowest BCUT2D eigenvalue weighted by Gasteiger charge is -2.04. The molecule has 18 heavy (non-hydrogen) atoms. The molecule has 3 rings (SSSR count). The van der Waals surface area contributed by atoms with E-state index in [1.54, 1.807) is 6.20 Å². The Bertz CT molecular complexity index is 662. The molecule has 0 bridgehead atoms. The van der Waals surface area contributed by atoms with Crippen molar-refractivity contribution in [2.45, 2.75) is 6.92 Å². The molecule has 1 aromatic carbocycles. The molecule has 0 radical (unpaired) electrons. The summed E-state index contributed by atoms with van der Waals surface area (Å²) in [6.45, 7) is 2.04. The highest BCUT2D eigenvalue weighted by molar-refractivity contribution is 7.09. The first-order valence-corrected chi connectivity index (χ1v) is 6.42. The van der Waals surface area contributed by atoms with Gasteiger partial charge in [0.1, 0.15) is 5.69 Å². The highest BCUT2D eigenvalue weighted by Gasteiger charge is 2.13. The molecule has 2 aromatic heterocycles. The number of hydrogen-bond acceptors (Lipinski definition) is 4. The van der Waals surface area contributed by atoms with E-state index in [4.69, 9.17) is 0 Å². The minimum absolute atomic E-state index is 0.936. The molecular formula is C14H11N3S. The maximum absolute atomic E-state index is 4.26. The standard InChI is InChI=1S/C14H11N3S/c1-10-9-15-8-7-12(10)13-14(18-17-16-13)11-5-3-2-4-6-11/h2-9H,1H3. The van der Waals surface area contributed by atoms with E-state index in [0.717, 1.165) is 27.3 Å². The maximum atomic E-state index is 4.26. The van der Waals surface area contributed by atoms with Crippen LogP contribution >= 0.6 is 11.5 Å². The van der Waals surface area contributed by atoms with Crippen LogP contribution in [0.4, 0.5) is 0 Å². The summed E-state index contributed by atoms with van der Waals surface area (Å²) in [4.78, 5) is 5.21. The first-order chi connectivity index (χ1) is 8.86. The van der Waals surface area contributed by atoms with E-state index in [0.29, 0.717) is 0 Å². The first kappa shape index (κ1) is 11.0. The Balaban J connectivity index is 2.16. The van der Waals surface area contributed by atoms with Crippen LogP contribution in [0.15, 0.2) is 48.8 Å². The Morgan fingerprint density at radius 3 is 2.67 bits per heavy atom. The van der Waals surface area contributed by atoms with Gasteiger partial charge in [0, 0.05) is 18.0 Å². The molecule has 0 atom stereocenters. The van der Waals surface area contributed by atoms with E-state index in [1.165, 1.54) is 11.5 Å². The van der Waals surface area contributed by atoms with Crippen LogP contribution in [0.2, 0.25) is 0 Å². The summed E-state index contributed by atoms with van der Waals surface area (Å²) in [7, 11) is 0. The summed E-state index contributed by atoms with van der Waals surface area (Å²) >= 11 is 1.42. The van der Waals surface area contributed by atoms with Crippen LogP contribution in [0.3, 0.4) is 0 Å². The topological polar surface area (TPSA) is 38.7 Å². The van der Waals surface area contributed by atoms with E-state index in [1.807, 2.05) is 37.4 Å². The van der Waals surface area contributed by atoms with Gasteiger partial charge in [-0.1, -0.05) is 34.8 Å². The monoisotopic (exact) mass is 253 g/mol. The van der Waals surface area contributed by atoms with Crippen LogP contribution in [0.25, 0.3) is 21.7 Å². The van der Waals surface area contributed by atoms with Crippen LogP contribution in [0.1, 0.15) is 5.56 Å². The largest absolute Gasteiger partial charge is 0.264 e. The van der Waals surface area contributed by atoms with Crippen molar-refractivity contribution in [3.63, 3.8) is 0 Å². The molecule has 0 N–H and O–H groups in total. The SMILES string of the molecule is Cc1cnccc1-c1nnsc1-c1ccccc1. The predicted molar refractivity (Wildman–Crippen MR) is 73.3 cm³/mol. The van der Waals surface area contributed by atoms with Gasteiger partial charge in [0.05, 0.1) is 4.88 Å². The van der Waals surface area contributed by atoms with Crippen molar-refractivity contribution in [3.05, 3.63) is 54.4 Å². The highest BCUT2D eigenvalue weighted by Crippen LogP contribution is 2.34. The first-order valence-electron chi connectivity index (χ1n) is 5.65. The molecule has 0 aliphatic heterocycles. The van der Waals surface area contributed by atoms with Crippen molar-refractivity contribution in [1.29, 1.82) is 0 Å². The quantitative estimate of drug-likeness (QED) is 0.700. The van der Waals surface area contributed by atoms with Gasteiger partial charge in [0.25, 0.3) is 0 Å². The number of pyridine rings is 1. The highest BCUT2D eigenvalue weighted by atomic mass is 32.1. The average molecular weight is 253 g/mol. The van der Waals surface area contributed by atoms with E-state index >= 15 is 0 Å². The molecule has 0 aliphatic rings. The van der Waals surface area contributed by atoms with Crippen molar-refractivity contribution >= 4 is 11.5 Å². The number of nitrogens with zero attached hydrogens (tertiary/aromatic N) is 3. The fourth-order valence-corrected chi connectivity index (χ4v) is 2.57. The maximum Gasteiger partial charge on any atom is 0.114 e. The van der Waals surface area contributed by atoms with Gasteiger partial charge in [0.2, 0.25) is 0 Å². The molecule has 0 unspecified atom stereocenters. The molecular weight excluding hydrogens is 242 g/mol. The molecule has 0 spiro atoms. The number of aromatic nitrogens is 3. The third-order valence-electron chi connectivity index (χ3n) is 2.80. The van der Waals surface area contributed by atoms with Gasteiger partial charge in [0.15, 0.2) is 0 Å². The fourth-order valence-electron chi connectivity index (χ4n) is 1.88. The predicted octanol–water partition coefficient (Wildman–Crippen LogP) is 3.58. The Kier molecular flexibility index (Phi) is 2.86. The number of hydrogen-bond donors (Lipinski definition) is 0. The molecule has 3 aromatic rings. The number of rotatable bonds is 2. The summed E-state index contributed by atoms with van der Waals surface area (Å²) < 4.78 is 4.09. The van der Waals surface area contributed by atoms with Gasteiger partial charge in [-0.3, -0.25) is 4.98 Å². The number of benzene rings is 1. The third-order valence-corrected chi connectivity index (χ3v) is 3.57. The molecule has 3 nitrogen and oxygen atoms in total. The number of aryl methyl sites for hydroxylation is 1. The minimum Gasteiger partial charge on any atom is -0.264 e. The average Bonchev–Trinajstić information content (AvgIpc) is 2.89. The molecule has 0 saturated heterocycles. The zero-order chi connectivity index (χ0) is 12.4. The normalized spacial score (nSPS) is 10.5. The zero-order valence-electron chi connectivity index (χ0n) is 9.87. The van der Waals surface area contributed by atoms with E-state index in [-0.39, 0.29) is 0 Å². The third kappa shape index (κ3) is 1.91. The smallest absolute Gasteiger partial charge is 0.114 e. The Morgan fingerprint density at radius 2 is 1.89 bits per heavy atom. The van der Waals surface area contributed by atoms with Gasteiger partial charge in [-0.2, -0.15) is 0 Å². The summed E-state index contributed by atoms with van der Waals surface area (Å²) in [5.74, 6) is 0. The summed E-state index contributed by atoms with van der Waals surface area (Å²) in [5.41, 5.74) is 4.30. The van der Waals surface area contributed by atoms with Crippen molar-refractivity contribution in [3.8, 4) is 21.7 Å². The Morgan fingerprint density at radius 1 is 1.06 bits per heavy atom. The van der Waals surface area contributed by atoms with Crippen molar-refractivity contribution in [1.82, 2.24) is 14.6 Å². The van der Waals surface area contributed by atoms with Crippen LogP contribution in [0.5, 0.6) is 0 Å². The minimum atomic E-state index is 0.936. The van der Waals surface area contributed by atoms with Crippen LogP contribution < -0.4 is 0 Å². The lowest BCUT2D eigenvalue weighted by atomic mass is 10.0. The summed E-state index contributed by atoms with van der Waals surface area (Å²) in [5, 5.41) is 4.26. The molecule has 0 aliphatic carbocycles. The van der Waals surface area contributed by atoms with Crippen molar-refractivity contribution in [2.24, 2.45) is 0 Å². The second-order valence-electron chi connectivity index (χ2n) is 4.01. The van der Waals surface area contributed by atoms with Gasteiger partial charge in [-0.25, -0.2) is 0 Å². The lowest BCUT2D eigenvalue weighted by molar-refractivity contribution is 1.15.